The number of amides is 1. The van der Waals surface area contributed by atoms with Crippen LogP contribution in [0.1, 0.15) is 12.8 Å². The molecule has 3 aromatic rings. The van der Waals surface area contributed by atoms with Crippen LogP contribution < -0.4 is 5.32 Å². The quantitative estimate of drug-likeness (QED) is 0.783. The van der Waals surface area contributed by atoms with Crippen molar-refractivity contribution in [3.8, 4) is 11.3 Å². The highest BCUT2D eigenvalue weighted by molar-refractivity contribution is 5.89. The van der Waals surface area contributed by atoms with E-state index in [1.807, 2.05) is 30.3 Å². The van der Waals surface area contributed by atoms with Gasteiger partial charge in [-0.15, -0.1) is 0 Å². The van der Waals surface area contributed by atoms with Crippen molar-refractivity contribution < 1.29 is 4.79 Å². The molecule has 1 saturated carbocycles. The lowest BCUT2D eigenvalue weighted by molar-refractivity contribution is -0.121. The molecule has 0 radical (unpaired) electrons. The number of nitrogens with one attached hydrogen (secondary N) is 1. The average Bonchev–Trinajstić information content (AvgIpc) is 3.29. The Morgan fingerprint density at radius 3 is 2.55 bits per heavy atom. The summed E-state index contributed by atoms with van der Waals surface area (Å²) in [6.45, 7) is 0.369. The fraction of sp³-hybridized carbons (Fsp3) is 0.211. The lowest BCUT2D eigenvalue weighted by Gasteiger charge is -2.11. The molecule has 1 heterocycles. The van der Waals surface area contributed by atoms with Gasteiger partial charge in [0.05, 0.1) is 0 Å². The Labute approximate surface area is 129 Å². The van der Waals surface area contributed by atoms with E-state index in [0.717, 1.165) is 29.6 Å². The van der Waals surface area contributed by atoms with Crippen LogP contribution in [0.15, 0.2) is 60.7 Å². The molecule has 0 aliphatic heterocycles. The van der Waals surface area contributed by atoms with Crippen LogP contribution in [0.5, 0.6) is 0 Å². The predicted octanol–water partition coefficient (Wildman–Crippen LogP) is 3.59. The summed E-state index contributed by atoms with van der Waals surface area (Å²) in [6.07, 6.45) is 2.23. The standard InChI is InChI=1S/C19H18N2O/c22-19(20-16-10-11-16)13-21-17-9-5-4-8-15(17)12-18(21)14-6-2-1-3-7-14/h1-9,12,16H,10-11,13H2,(H,20,22). The van der Waals surface area contributed by atoms with Gasteiger partial charge in [0.15, 0.2) is 0 Å². The zero-order valence-corrected chi connectivity index (χ0v) is 12.3. The molecule has 22 heavy (non-hydrogen) atoms. The Bertz CT molecular complexity index is 816. The molecule has 3 heteroatoms. The lowest BCUT2D eigenvalue weighted by Crippen LogP contribution is -2.29. The molecule has 3 nitrogen and oxygen atoms in total. The molecule has 0 spiro atoms. The number of fused-ring (bicyclic) bond motifs is 1. The van der Waals surface area contributed by atoms with Gasteiger partial charge < -0.3 is 9.88 Å². The normalized spacial score (nSPS) is 14.2. The number of benzene rings is 2. The Morgan fingerprint density at radius 2 is 1.77 bits per heavy atom. The first-order chi connectivity index (χ1) is 10.8. The van der Waals surface area contributed by atoms with Gasteiger partial charge in [0.2, 0.25) is 5.91 Å². The van der Waals surface area contributed by atoms with Gasteiger partial charge in [0, 0.05) is 22.6 Å². The lowest BCUT2D eigenvalue weighted by atomic mass is 10.1. The van der Waals surface area contributed by atoms with Crippen molar-refractivity contribution in [2.45, 2.75) is 25.4 Å². The molecule has 1 amide bonds. The maximum Gasteiger partial charge on any atom is 0.240 e. The summed E-state index contributed by atoms with van der Waals surface area (Å²) in [6, 6.07) is 21.0. The second kappa shape index (κ2) is 5.34. The van der Waals surface area contributed by atoms with Crippen LogP contribution in [-0.4, -0.2) is 16.5 Å². The van der Waals surface area contributed by atoms with E-state index in [4.69, 9.17) is 0 Å². The van der Waals surface area contributed by atoms with Crippen molar-refractivity contribution in [3.05, 3.63) is 60.7 Å². The molecule has 1 aliphatic rings. The molecule has 4 rings (SSSR count). The molecule has 110 valence electrons. The topological polar surface area (TPSA) is 34.0 Å². The van der Waals surface area contributed by atoms with Crippen LogP contribution in [-0.2, 0) is 11.3 Å². The van der Waals surface area contributed by atoms with E-state index in [0.29, 0.717) is 12.6 Å². The van der Waals surface area contributed by atoms with E-state index < -0.39 is 0 Å². The molecule has 1 fully saturated rings. The summed E-state index contributed by atoms with van der Waals surface area (Å²) >= 11 is 0. The molecule has 1 aromatic heterocycles. The molecule has 1 aliphatic carbocycles. The van der Waals surface area contributed by atoms with Crippen LogP contribution in [0.2, 0.25) is 0 Å². The number of hydrogen-bond donors (Lipinski definition) is 1. The highest BCUT2D eigenvalue weighted by Crippen LogP contribution is 2.28. The van der Waals surface area contributed by atoms with Crippen molar-refractivity contribution >= 4 is 16.8 Å². The van der Waals surface area contributed by atoms with Crippen LogP contribution in [0, 0.1) is 0 Å². The zero-order valence-electron chi connectivity index (χ0n) is 12.3. The summed E-state index contributed by atoms with van der Waals surface area (Å²) in [5.74, 6) is 0.0982. The van der Waals surface area contributed by atoms with Crippen LogP contribution in [0.25, 0.3) is 22.2 Å². The second-order valence-electron chi connectivity index (χ2n) is 5.88. The fourth-order valence-electron chi connectivity index (χ4n) is 2.87. The predicted molar refractivity (Wildman–Crippen MR) is 88.5 cm³/mol. The highest BCUT2D eigenvalue weighted by Gasteiger charge is 2.23. The Morgan fingerprint density at radius 1 is 1.05 bits per heavy atom. The maximum atomic E-state index is 12.3. The summed E-state index contributed by atoms with van der Waals surface area (Å²) in [5, 5.41) is 4.24. The Hall–Kier alpha value is -2.55. The molecule has 0 unspecified atom stereocenters. The highest BCUT2D eigenvalue weighted by atomic mass is 16.2. The third-order valence-corrected chi connectivity index (χ3v) is 4.12. The molecule has 0 atom stereocenters. The van der Waals surface area contributed by atoms with Crippen LogP contribution in [0.3, 0.4) is 0 Å². The van der Waals surface area contributed by atoms with Crippen LogP contribution >= 0.6 is 0 Å². The first-order valence-corrected chi connectivity index (χ1v) is 7.74. The number of rotatable bonds is 4. The number of nitrogens with zero attached hydrogens (tertiary/aromatic N) is 1. The Kier molecular flexibility index (Phi) is 3.19. The minimum absolute atomic E-state index is 0.0982. The van der Waals surface area contributed by atoms with Crippen molar-refractivity contribution in [1.29, 1.82) is 0 Å². The van der Waals surface area contributed by atoms with Gasteiger partial charge in [0.1, 0.15) is 6.54 Å². The van der Waals surface area contributed by atoms with Gasteiger partial charge in [-0.3, -0.25) is 4.79 Å². The van der Waals surface area contributed by atoms with E-state index in [1.54, 1.807) is 0 Å². The van der Waals surface area contributed by atoms with Gasteiger partial charge in [-0.05, 0) is 30.5 Å². The van der Waals surface area contributed by atoms with E-state index in [9.17, 15) is 4.79 Å². The van der Waals surface area contributed by atoms with Crippen LogP contribution in [0.4, 0.5) is 0 Å². The third-order valence-electron chi connectivity index (χ3n) is 4.12. The van der Waals surface area contributed by atoms with Gasteiger partial charge >= 0.3 is 0 Å². The van der Waals surface area contributed by atoms with Crippen molar-refractivity contribution in [1.82, 2.24) is 9.88 Å². The Balaban J connectivity index is 1.77. The molecule has 0 saturated heterocycles. The van der Waals surface area contributed by atoms with Crippen molar-refractivity contribution in [2.24, 2.45) is 0 Å². The van der Waals surface area contributed by atoms with Crippen molar-refractivity contribution in [3.63, 3.8) is 0 Å². The largest absolute Gasteiger partial charge is 0.352 e. The average molecular weight is 290 g/mol. The monoisotopic (exact) mass is 290 g/mol. The van der Waals surface area contributed by atoms with E-state index in [-0.39, 0.29) is 5.91 Å². The fourth-order valence-corrected chi connectivity index (χ4v) is 2.87. The van der Waals surface area contributed by atoms with Gasteiger partial charge in [-0.1, -0.05) is 48.5 Å². The number of aromatic nitrogens is 1. The number of carbonyl (C=O) groups is 1. The summed E-state index contributed by atoms with van der Waals surface area (Å²) in [4.78, 5) is 12.3. The van der Waals surface area contributed by atoms with E-state index >= 15 is 0 Å². The minimum atomic E-state index is 0.0982. The first-order valence-electron chi connectivity index (χ1n) is 7.74. The summed E-state index contributed by atoms with van der Waals surface area (Å²) in [7, 11) is 0. The number of carbonyl (C=O) groups excluding carboxylic acids is 1. The zero-order chi connectivity index (χ0) is 14.9. The van der Waals surface area contributed by atoms with Gasteiger partial charge in [-0.2, -0.15) is 0 Å². The number of para-hydroxylation sites is 1. The number of hydrogen-bond acceptors (Lipinski definition) is 1. The van der Waals surface area contributed by atoms with E-state index in [2.05, 4.69) is 40.2 Å². The van der Waals surface area contributed by atoms with Gasteiger partial charge in [0.25, 0.3) is 0 Å². The van der Waals surface area contributed by atoms with Gasteiger partial charge in [-0.25, -0.2) is 0 Å². The minimum Gasteiger partial charge on any atom is -0.352 e. The second-order valence-corrected chi connectivity index (χ2v) is 5.88. The molecular formula is C19H18N2O. The summed E-state index contributed by atoms with van der Waals surface area (Å²) < 4.78 is 2.11. The molecular weight excluding hydrogens is 272 g/mol. The summed E-state index contributed by atoms with van der Waals surface area (Å²) in [5.41, 5.74) is 3.33. The smallest absolute Gasteiger partial charge is 0.240 e. The third kappa shape index (κ3) is 2.50. The van der Waals surface area contributed by atoms with E-state index in [1.165, 1.54) is 5.39 Å². The molecule has 2 aromatic carbocycles. The van der Waals surface area contributed by atoms with Crippen molar-refractivity contribution in [2.75, 3.05) is 0 Å². The SMILES string of the molecule is O=C(Cn1c(-c2ccccc2)cc2ccccc21)NC1CC1. The first kappa shape index (κ1) is 13.1. The molecule has 0 bridgehead atoms. The maximum absolute atomic E-state index is 12.3. The molecule has 1 N–H and O–H groups in total.